The van der Waals surface area contributed by atoms with Gasteiger partial charge in [-0.05, 0) is 22.3 Å². The van der Waals surface area contributed by atoms with Crippen molar-refractivity contribution in [3.63, 3.8) is 0 Å². The molecular formula is C27H30N3O10P. The number of nitriles is 1. The van der Waals surface area contributed by atoms with Gasteiger partial charge in [-0.25, -0.2) is 18.9 Å². The number of amides is 2. The summed E-state index contributed by atoms with van der Waals surface area (Å²) in [6.07, 6.45) is -0.570. The fourth-order valence-electron chi connectivity index (χ4n) is 3.93. The summed E-state index contributed by atoms with van der Waals surface area (Å²) in [4.78, 5) is 35.8. The molecule has 0 spiro atoms. The number of nitrogens with zero attached hydrogens (tertiary/aromatic N) is 1. The molecule has 14 heteroatoms. The fourth-order valence-corrected chi connectivity index (χ4v) is 5.12. The Bertz CT molecular complexity index is 1280. The first-order valence-electron chi connectivity index (χ1n) is 12.5. The molecule has 0 radical (unpaired) electrons. The molecule has 0 saturated heterocycles. The molecule has 0 bridgehead atoms. The Kier molecular flexibility index (Phi) is 11.9. The number of fused-ring (bicyclic) bond motifs is 3. The summed E-state index contributed by atoms with van der Waals surface area (Å²) in [5.74, 6) is -1.73. The second-order valence-corrected chi connectivity index (χ2v) is 10.2. The predicted molar refractivity (Wildman–Crippen MR) is 145 cm³/mol. The number of carbonyl (C=O) groups excluding carboxylic acids is 2. The lowest BCUT2D eigenvalue weighted by molar-refractivity contribution is -0.140. The van der Waals surface area contributed by atoms with Crippen molar-refractivity contribution in [1.29, 1.82) is 5.26 Å². The van der Waals surface area contributed by atoms with E-state index in [9.17, 15) is 24.1 Å². The Morgan fingerprint density at radius 2 is 1.63 bits per heavy atom. The molecule has 0 heterocycles. The minimum absolute atomic E-state index is 0.0151. The van der Waals surface area contributed by atoms with Crippen LogP contribution in [0.1, 0.15) is 23.5 Å². The second kappa shape index (κ2) is 15.5. The normalized spacial score (nSPS) is 13.9. The van der Waals surface area contributed by atoms with Crippen molar-refractivity contribution in [2.75, 3.05) is 39.6 Å². The van der Waals surface area contributed by atoms with E-state index >= 15 is 0 Å². The third-order valence-corrected chi connectivity index (χ3v) is 7.21. The Hall–Kier alpha value is -4.21. The van der Waals surface area contributed by atoms with Gasteiger partial charge in [-0.3, -0.25) is 13.6 Å². The monoisotopic (exact) mass is 587 g/mol. The van der Waals surface area contributed by atoms with Crippen LogP contribution in [0.4, 0.5) is 9.59 Å². The minimum Gasteiger partial charge on any atom is -0.480 e. The number of rotatable bonds is 16. The van der Waals surface area contributed by atoms with Crippen LogP contribution in [-0.4, -0.2) is 68.9 Å². The summed E-state index contributed by atoms with van der Waals surface area (Å²) in [6, 6.07) is 15.6. The Morgan fingerprint density at radius 1 is 1.00 bits per heavy atom. The highest BCUT2D eigenvalue weighted by Crippen LogP contribution is 2.49. The molecule has 2 amide bonds. The van der Waals surface area contributed by atoms with Crippen molar-refractivity contribution in [3.8, 4) is 17.2 Å². The second-order valence-electron chi connectivity index (χ2n) is 8.49. The van der Waals surface area contributed by atoms with E-state index in [0.29, 0.717) is 0 Å². The smallest absolute Gasteiger partial charge is 0.474 e. The van der Waals surface area contributed by atoms with Crippen molar-refractivity contribution in [3.05, 3.63) is 72.3 Å². The standard InChI is InChI=1S/C27H30N3O10P/c1-2-14-36-26(33)29-13-16-39-41(35,38-15-7-12-28)40-18-24(25(31)32)30-27(34)37-17-23-21-10-5-3-8-19(21)20-9-4-6-11-22(20)23/h2-6,8-11,23-24H,1,7,13-18H2,(H,29,33)(H,30,34)(H,31,32)/t24-,41?/m0/s1. The van der Waals surface area contributed by atoms with Gasteiger partial charge in [0, 0.05) is 12.5 Å². The van der Waals surface area contributed by atoms with Crippen LogP contribution in [0.3, 0.4) is 0 Å². The first-order valence-corrected chi connectivity index (χ1v) is 14.0. The molecule has 3 N–H and O–H groups in total. The number of hydrogen-bond acceptors (Lipinski definition) is 10. The first kappa shape index (κ1) is 31.3. The molecule has 0 saturated carbocycles. The van der Waals surface area contributed by atoms with Crippen LogP contribution in [0.2, 0.25) is 0 Å². The molecule has 0 fully saturated rings. The highest BCUT2D eigenvalue weighted by Gasteiger charge is 2.32. The highest BCUT2D eigenvalue weighted by atomic mass is 31.2. The lowest BCUT2D eigenvalue weighted by Gasteiger charge is -2.21. The van der Waals surface area contributed by atoms with Gasteiger partial charge in [-0.1, -0.05) is 61.2 Å². The zero-order chi connectivity index (χ0) is 29.7. The molecule has 2 aromatic carbocycles. The van der Waals surface area contributed by atoms with Crippen LogP contribution < -0.4 is 10.6 Å². The average molecular weight is 588 g/mol. The summed E-state index contributed by atoms with van der Waals surface area (Å²) in [5.41, 5.74) is 4.03. The van der Waals surface area contributed by atoms with Crippen molar-refractivity contribution in [2.24, 2.45) is 0 Å². The molecule has 0 aliphatic heterocycles. The van der Waals surface area contributed by atoms with E-state index < -0.39 is 38.6 Å². The topological polar surface area (TPSA) is 183 Å². The number of nitrogens with one attached hydrogen (secondary N) is 2. The van der Waals surface area contributed by atoms with E-state index in [2.05, 4.69) is 17.2 Å². The highest BCUT2D eigenvalue weighted by molar-refractivity contribution is 7.48. The quantitative estimate of drug-likeness (QED) is 0.147. The van der Waals surface area contributed by atoms with Crippen molar-refractivity contribution in [1.82, 2.24) is 10.6 Å². The SMILES string of the molecule is C=CCOC(=O)NCCOP(=O)(OCCC#N)OC[C@H](NC(=O)OCC1c2ccccc2-c2ccccc21)C(=O)O. The van der Waals surface area contributed by atoms with Gasteiger partial charge in [0.05, 0.1) is 32.3 Å². The maximum Gasteiger partial charge on any atom is 0.474 e. The van der Waals surface area contributed by atoms with Gasteiger partial charge in [0.15, 0.2) is 6.04 Å². The summed E-state index contributed by atoms with van der Waals surface area (Å²) in [7, 11) is -4.39. The number of aliphatic carboxylic acids is 1. The summed E-state index contributed by atoms with van der Waals surface area (Å²) < 4.78 is 38.4. The molecule has 2 atom stereocenters. The van der Waals surface area contributed by atoms with Gasteiger partial charge in [0.2, 0.25) is 0 Å². The van der Waals surface area contributed by atoms with E-state index in [-0.39, 0.29) is 45.3 Å². The molecule has 1 unspecified atom stereocenters. The Balaban J connectivity index is 1.55. The molecular weight excluding hydrogens is 557 g/mol. The van der Waals surface area contributed by atoms with Crippen LogP contribution in [0.5, 0.6) is 0 Å². The number of carboxylic acid groups (broad SMARTS) is 1. The third-order valence-electron chi connectivity index (χ3n) is 5.75. The molecule has 2 aromatic rings. The summed E-state index contributed by atoms with van der Waals surface area (Å²) in [5, 5.41) is 22.8. The van der Waals surface area contributed by atoms with Gasteiger partial charge in [-0.15, -0.1) is 0 Å². The summed E-state index contributed by atoms with van der Waals surface area (Å²) in [6.45, 7) is 1.70. The van der Waals surface area contributed by atoms with Crippen molar-refractivity contribution >= 4 is 26.0 Å². The van der Waals surface area contributed by atoms with Crippen LogP contribution in [0.25, 0.3) is 11.1 Å². The predicted octanol–water partition coefficient (Wildman–Crippen LogP) is 3.96. The summed E-state index contributed by atoms with van der Waals surface area (Å²) >= 11 is 0. The van der Waals surface area contributed by atoms with E-state index in [0.717, 1.165) is 22.3 Å². The molecule has 41 heavy (non-hydrogen) atoms. The van der Waals surface area contributed by atoms with Crippen LogP contribution in [-0.2, 0) is 32.4 Å². The van der Waals surface area contributed by atoms with Crippen LogP contribution >= 0.6 is 7.82 Å². The zero-order valence-electron chi connectivity index (χ0n) is 22.0. The molecule has 218 valence electrons. The number of hydrogen-bond donors (Lipinski definition) is 3. The number of carboxylic acids is 1. The maximum absolute atomic E-state index is 13.0. The van der Waals surface area contributed by atoms with E-state index in [1.54, 1.807) is 6.07 Å². The lowest BCUT2D eigenvalue weighted by Crippen LogP contribution is -2.44. The molecule has 3 rings (SSSR count). The number of phosphoric ester groups is 1. The van der Waals surface area contributed by atoms with E-state index in [4.69, 9.17) is 28.3 Å². The zero-order valence-corrected chi connectivity index (χ0v) is 22.9. The fraction of sp³-hybridized carbons (Fsp3) is 0.333. The van der Waals surface area contributed by atoms with Gasteiger partial charge in [0.25, 0.3) is 0 Å². The number of ether oxygens (including phenoxy) is 2. The van der Waals surface area contributed by atoms with Gasteiger partial charge in [0.1, 0.15) is 13.2 Å². The number of carbonyl (C=O) groups is 3. The molecule has 1 aliphatic carbocycles. The van der Waals surface area contributed by atoms with Crippen LogP contribution in [0.15, 0.2) is 61.2 Å². The number of benzene rings is 2. The van der Waals surface area contributed by atoms with Crippen molar-refractivity contribution < 1.29 is 47.1 Å². The van der Waals surface area contributed by atoms with Gasteiger partial charge >= 0.3 is 26.0 Å². The van der Waals surface area contributed by atoms with Crippen molar-refractivity contribution in [2.45, 2.75) is 18.4 Å². The maximum atomic E-state index is 13.0. The molecule has 0 aromatic heterocycles. The van der Waals surface area contributed by atoms with Gasteiger partial charge in [-0.2, -0.15) is 5.26 Å². The first-order chi connectivity index (χ1) is 19.8. The van der Waals surface area contributed by atoms with Gasteiger partial charge < -0.3 is 25.2 Å². The molecule has 13 nitrogen and oxygen atoms in total. The molecule has 1 aliphatic rings. The Morgan fingerprint density at radius 3 is 2.24 bits per heavy atom. The van der Waals surface area contributed by atoms with E-state index in [1.165, 1.54) is 6.08 Å². The minimum atomic E-state index is -4.39. The van der Waals surface area contributed by atoms with E-state index in [1.807, 2.05) is 48.5 Å². The lowest BCUT2D eigenvalue weighted by atomic mass is 9.98. The largest absolute Gasteiger partial charge is 0.480 e. The van der Waals surface area contributed by atoms with Crippen LogP contribution in [0, 0.1) is 11.3 Å². The third kappa shape index (κ3) is 9.16. The Labute approximate surface area is 236 Å². The average Bonchev–Trinajstić information content (AvgIpc) is 3.29. The number of phosphoric acid groups is 1. The number of alkyl carbamates (subject to hydrolysis) is 2.